The van der Waals surface area contributed by atoms with Crippen LogP contribution in [0.25, 0.3) is 0 Å². The maximum atomic E-state index is 11.6. The second-order valence-corrected chi connectivity index (χ2v) is 4.47. The monoisotopic (exact) mass is 229 g/mol. The molecule has 0 saturated heterocycles. The van der Waals surface area contributed by atoms with E-state index in [9.17, 15) is 9.90 Å². The molecule has 1 unspecified atom stereocenters. The van der Waals surface area contributed by atoms with Crippen molar-refractivity contribution >= 4 is 17.4 Å². The molecule has 0 aromatic carbocycles. The number of carbonyl (C=O) groups excluding carboxylic acids is 1. The number of nitrogens with zero attached hydrogens (tertiary/aromatic N) is 2. The van der Waals surface area contributed by atoms with Crippen molar-refractivity contribution in [3.8, 4) is 0 Å². The van der Waals surface area contributed by atoms with Gasteiger partial charge in [-0.3, -0.25) is 4.79 Å². The molecule has 5 nitrogen and oxygen atoms in total. The molecule has 0 aliphatic rings. The van der Waals surface area contributed by atoms with Gasteiger partial charge in [0, 0.05) is 6.54 Å². The number of hydrogen-bond acceptors (Lipinski definition) is 5. The van der Waals surface area contributed by atoms with Gasteiger partial charge in [-0.2, -0.15) is 0 Å². The molecule has 1 heterocycles. The van der Waals surface area contributed by atoms with Crippen LogP contribution in [0.5, 0.6) is 0 Å². The van der Waals surface area contributed by atoms with E-state index < -0.39 is 5.60 Å². The summed E-state index contributed by atoms with van der Waals surface area (Å²) in [7, 11) is 0. The van der Waals surface area contributed by atoms with Crippen LogP contribution in [0.3, 0.4) is 0 Å². The van der Waals surface area contributed by atoms with Crippen molar-refractivity contribution in [3.63, 3.8) is 0 Å². The van der Waals surface area contributed by atoms with Crippen LogP contribution in [0.2, 0.25) is 0 Å². The Hall–Kier alpha value is -1.01. The first kappa shape index (κ1) is 12.1. The maximum absolute atomic E-state index is 11.6. The average Bonchev–Trinajstić information content (AvgIpc) is 2.61. The first-order valence-electron chi connectivity index (χ1n) is 4.76. The van der Waals surface area contributed by atoms with E-state index in [1.54, 1.807) is 13.8 Å². The molecule has 0 spiro atoms. The number of hydrogen-bond donors (Lipinski definition) is 2. The Balaban J connectivity index is 2.55. The van der Waals surface area contributed by atoms with E-state index in [4.69, 9.17) is 0 Å². The highest BCUT2D eigenvalue weighted by Crippen LogP contribution is 2.10. The lowest BCUT2D eigenvalue weighted by atomic mass is 10.0. The Morgan fingerprint density at radius 1 is 1.67 bits per heavy atom. The molecule has 15 heavy (non-hydrogen) atoms. The molecule has 84 valence electrons. The van der Waals surface area contributed by atoms with E-state index in [0.717, 1.165) is 11.5 Å². The number of nitrogens with one attached hydrogen (secondary N) is 1. The van der Waals surface area contributed by atoms with Crippen LogP contribution in [0.1, 0.15) is 35.6 Å². The summed E-state index contributed by atoms with van der Waals surface area (Å²) in [5.74, 6) is -0.226. The minimum atomic E-state index is -0.859. The van der Waals surface area contributed by atoms with E-state index in [2.05, 4.69) is 14.9 Å². The first-order chi connectivity index (χ1) is 6.96. The molecule has 0 aliphatic carbocycles. The summed E-state index contributed by atoms with van der Waals surface area (Å²) < 4.78 is 3.68. The van der Waals surface area contributed by atoms with E-state index in [-0.39, 0.29) is 12.5 Å². The van der Waals surface area contributed by atoms with Crippen LogP contribution < -0.4 is 5.32 Å². The second-order valence-electron chi connectivity index (χ2n) is 3.72. The van der Waals surface area contributed by atoms with Crippen molar-refractivity contribution in [3.05, 3.63) is 10.6 Å². The van der Waals surface area contributed by atoms with Crippen molar-refractivity contribution < 1.29 is 9.90 Å². The van der Waals surface area contributed by atoms with Gasteiger partial charge >= 0.3 is 0 Å². The summed E-state index contributed by atoms with van der Waals surface area (Å²) in [5.41, 5.74) is -0.240. The minimum absolute atomic E-state index is 0.226. The Bertz CT molecular complexity index is 349. The third-order valence-corrected chi connectivity index (χ3v) is 3.08. The van der Waals surface area contributed by atoms with Crippen molar-refractivity contribution in [1.82, 2.24) is 14.9 Å². The smallest absolute Gasteiger partial charge is 0.265 e. The van der Waals surface area contributed by atoms with Crippen LogP contribution in [0.15, 0.2) is 0 Å². The van der Waals surface area contributed by atoms with Crippen molar-refractivity contribution in [2.45, 2.75) is 32.8 Å². The third-order valence-electron chi connectivity index (χ3n) is 2.25. The molecule has 1 amide bonds. The molecular weight excluding hydrogens is 214 g/mol. The quantitative estimate of drug-likeness (QED) is 0.798. The topological polar surface area (TPSA) is 75.1 Å². The molecule has 1 aromatic rings. The van der Waals surface area contributed by atoms with Gasteiger partial charge in [-0.05, 0) is 31.8 Å². The molecule has 0 fully saturated rings. The highest BCUT2D eigenvalue weighted by atomic mass is 32.1. The fourth-order valence-electron chi connectivity index (χ4n) is 0.916. The van der Waals surface area contributed by atoms with Crippen LogP contribution in [0, 0.1) is 6.92 Å². The fraction of sp³-hybridized carbons (Fsp3) is 0.667. The molecule has 1 atom stereocenters. The van der Waals surface area contributed by atoms with Gasteiger partial charge in [0.15, 0.2) is 0 Å². The van der Waals surface area contributed by atoms with Crippen molar-refractivity contribution in [1.29, 1.82) is 0 Å². The summed E-state index contributed by atoms with van der Waals surface area (Å²) in [4.78, 5) is 12.1. The Kier molecular flexibility index (Phi) is 3.76. The highest BCUT2D eigenvalue weighted by Gasteiger charge is 2.20. The fourth-order valence-corrected chi connectivity index (χ4v) is 1.49. The van der Waals surface area contributed by atoms with Gasteiger partial charge in [0.1, 0.15) is 4.88 Å². The first-order valence-corrected chi connectivity index (χ1v) is 5.53. The second kappa shape index (κ2) is 4.67. The SMILES string of the molecule is CCC(C)(O)CNC(=O)c1snnc1C. The standard InChI is InChI=1S/C9H15N3O2S/c1-4-9(3,14)5-10-8(13)7-6(2)11-12-15-7/h14H,4-5H2,1-3H3,(H,10,13). The number of aryl methyl sites for hydroxylation is 1. The Morgan fingerprint density at radius 2 is 2.33 bits per heavy atom. The van der Waals surface area contributed by atoms with Gasteiger partial charge in [-0.25, -0.2) is 0 Å². The van der Waals surface area contributed by atoms with Gasteiger partial charge < -0.3 is 10.4 Å². The summed E-state index contributed by atoms with van der Waals surface area (Å²) in [6.45, 7) is 5.52. The van der Waals surface area contributed by atoms with E-state index in [0.29, 0.717) is 17.0 Å². The molecule has 1 rings (SSSR count). The molecule has 6 heteroatoms. The predicted molar refractivity (Wildman–Crippen MR) is 57.9 cm³/mol. The van der Waals surface area contributed by atoms with E-state index in [1.807, 2.05) is 6.92 Å². The number of carbonyl (C=O) groups is 1. The maximum Gasteiger partial charge on any atom is 0.265 e. The van der Waals surface area contributed by atoms with Gasteiger partial charge in [-0.15, -0.1) is 5.10 Å². The number of rotatable bonds is 4. The molecule has 0 bridgehead atoms. The lowest BCUT2D eigenvalue weighted by Crippen LogP contribution is -2.40. The van der Waals surface area contributed by atoms with Gasteiger partial charge in [0.2, 0.25) is 0 Å². The average molecular weight is 229 g/mol. The summed E-state index contributed by atoms with van der Waals surface area (Å²) in [6, 6.07) is 0. The Morgan fingerprint density at radius 3 is 2.80 bits per heavy atom. The van der Waals surface area contributed by atoms with Gasteiger partial charge in [-0.1, -0.05) is 11.4 Å². The van der Waals surface area contributed by atoms with Crippen molar-refractivity contribution in [2.24, 2.45) is 0 Å². The molecule has 0 saturated carbocycles. The zero-order chi connectivity index (χ0) is 11.5. The number of aromatic nitrogens is 2. The van der Waals surface area contributed by atoms with Crippen molar-refractivity contribution in [2.75, 3.05) is 6.54 Å². The minimum Gasteiger partial charge on any atom is -0.388 e. The molecule has 2 N–H and O–H groups in total. The zero-order valence-electron chi connectivity index (χ0n) is 9.07. The van der Waals surface area contributed by atoms with Crippen LogP contribution in [0.4, 0.5) is 0 Å². The van der Waals surface area contributed by atoms with Crippen LogP contribution in [-0.4, -0.2) is 32.7 Å². The lowest BCUT2D eigenvalue weighted by molar-refractivity contribution is 0.0519. The van der Waals surface area contributed by atoms with Gasteiger partial charge in [0.05, 0.1) is 11.3 Å². The largest absolute Gasteiger partial charge is 0.388 e. The third kappa shape index (κ3) is 3.24. The van der Waals surface area contributed by atoms with Crippen LogP contribution in [-0.2, 0) is 0 Å². The molecular formula is C9H15N3O2S. The molecule has 1 aromatic heterocycles. The molecule has 0 radical (unpaired) electrons. The predicted octanol–water partition coefficient (Wildman–Crippen LogP) is 0.737. The molecule has 0 aliphatic heterocycles. The lowest BCUT2D eigenvalue weighted by Gasteiger charge is -2.21. The number of aliphatic hydroxyl groups is 1. The summed E-state index contributed by atoms with van der Waals surface area (Å²) >= 11 is 1.06. The number of amides is 1. The van der Waals surface area contributed by atoms with E-state index >= 15 is 0 Å². The normalized spacial score (nSPS) is 14.7. The summed E-state index contributed by atoms with van der Waals surface area (Å²) in [5, 5.41) is 16.1. The summed E-state index contributed by atoms with van der Waals surface area (Å²) in [6.07, 6.45) is 0.590. The van der Waals surface area contributed by atoms with Crippen LogP contribution >= 0.6 is 11.5 Å². The van der Waals surface area contributed by atoms with E-state index in [1.165, 1.54) is 0 Å². The van der Waals surface area contributed by atoms with Gasteiger partial charge in [0.25, 0.3) is 5.91 Å². The zero-order valence-corrected chi connectivity index (χ0v) is 9.89. The Labute approximate surface area is 92.7 Å². The highest BCUT2D eigenvalue weighted by molar-refractivity contribution is 7.07.